The fourth-order valence-corrected chi connectivity index (χ4v) is 1.78. The van der Waals surface area contributed by atoms with Crippen LogP contribution in [0.15, 0.2) is 59.6 Å². The minimum absolute atomic E-state index is 0.0465. The first kappa shape index (κ1) is 13.8. The Labute approximate surface area is 117 Å². The molecule has 2 rings (SSSR count). The van der Waals surface area contributed by atoms with Crippen LogP contribution in [0.25, 0.3) is 0 Å². The first-order valence-electron chi connectivity index (χ1n) is 6.24. The largest absolute Gasteiger partial charge is 0.497 e. The molecule has 0 atom stereocenters. The summed E-state index contributed by atoms with van der Waals surface area (Å²) in [7, 11) is 1.59. The number of carbonyl (C=O) groups is 1. The van der Waals surface area contributed by atoms with Gasteiger partial charge < -0.3 is 10.5 Å². The van der Waals surface area contributed by atoms with Crippen LogP contribution in [-0.4, -0.2) is 18.7 Å². The van der Waals surface area contributed by atoms with E-state index in [1.165, 1.54) is 0 Å². The molecule has 4 heteroatoms. The first-order valence-corrected chi connectivity index (χ1v) is 6.24. The number of Topliss-reactive ketones (excluding diaryl/α,β-unsaturated/α-hetero) is 1. The Balaban J connectivity index is 2.09. The summed E-state index contributed by atoms with van der Waals surface area (Å²) in [4.78, 5) is 16.2. The topological polar surface area (TPSA) is 64.7 Å². The lowest BCUT2D eigenvalue weighted by molar-refractivity contribution is 0.100. The third-order valence-electron chi connectivity index (χ3n) is 2.76. The Morgan fingerprint density at radius 2 is 1.90 bits per heavy atom. The number of carbonyl (C=O) groups excluding carboxylic acids is 1. The van der Waals surface area contributed by atoms with Crippen LogP contribution in [0, 0.1) is 0 Å². The van der Waals surface area contributed by atoms with E-state index in [1.807, 2.05) is 36.4 Å². The predicted octanol–water partition coefficient (Wildman–Crippen LogP) is 2.96. The van der Waals surface area contributed by atoms with Crippen LogP contribution in [0.3, 0.4) is 0 Å². The number of amidine groups is 1. The number of rotatable bonds is 5. The van der Waals surface area contributed by atoms with E-state index in [2.05, 4.69) is 4.99 Å². The zero-order valence-electron chi connectivity index (χ0n) is 11.2. The molecule has 0 aliphatic carbocycles. The van der Waals surface area contributed by atoms with Crippen molar-refractivity contribution < 1.29 is 9.53 Å². The SMILES string of the molecule is COc1cccc(N=C(N)CC(=O)c2ccccc2)c1. The van der Waals surface area contributed by atoms with Crippen molar-refractivity contribution in [2.75, 3.05) is 7.11 Å². The summed E-state index contributed by atoms with van der Waals surface area (Å²) in [5.41, 5.74) is 7.13. The van der Waals surface area contributed by atoms with Crippen molar-refractivity contribution in [2.24, 2.45) is 10.7 Å². The quantitative estimate of drug-likeness (QED) is 0.515. The normalized spacial score (nSPS) is 11.2. The lowest BCUT2D eigenvalue weighted by Gasteiger charge is -2.03. The van der Waals surface area contributed by atoms with Crippen molar-refractivity contribution in [3.05, 3.63) is 60.2 Å². The van der Waals surface area contributed by atoms with E-state index in [0.717, 1.165) is 0 Å². The molecule has 0 spiro atoms. The number of ketones is 1. The van der Waals surface area contributed by atoms with Gasteiger partial charge in [0.05, 0.1) is 19.2 Å². The fraction of sp³-hybridized carbons (Fsp3) is 0.125. The Morgan fingerprint density at radius 1 is 1.15 bits per heavy atom. The molecule has 102 valence electrons. The summed E-state index contributed by atoms with van der Waals surface area (Å²) in [6.07, 6.45) is 0.0984. The highest BCUT2D eigenvalue weighted by Gasteiger charge is 2.07. The van der Waals surface area contributed by atoms with Crippen LogP contribution < -0.4 is 10.5 Å². The highest BCUT2D eigenvalue weighted by molar-refractivity contribution is 6.09. The van der Waals surface area contributed by atoms with Crippen LogP contribution in [-0.2, 0) is 0 Å². The van der Waals surface area contributed by atoms with Gasteiger partial charge in [0.15, 0.2) is 5.78 Å². The van der Waals surface area contributed by atoms with E-state index < -0.39 is 0 Å². The summed E-state index contributed by atoms with van der Waals surface area (Å²) in [6, 6.07) is 16.3. The summed E-state index contributed by atoms with van der Waals surface area (Å²) in [5, 5.41) is 0. The average molecular weight is 268 g/mol. The maximum Gasteiger partial charge on any atom is 0.170 e. The molecule has 2 aromatic rings. The summed E-state index contributed by atoms with van der Waals surface area (Å²) in [5.74, 6) is 0.940. The fourth-order valence-electron chi connectivity index (χ4n) is 1.78. The van der Waals surface area contributed by atoms with Gasteiger partial charge in [-0.3, -0.25) is 4.79 Å². The Hall–Kier alpha value is -2.62. The molecule has 0 saturated carbocycles. The van der Waals surface area contributed by atoms with Gasteiger partial charge in [0.25, 0.3) is 0 Å². The summed E-state index contributed by atoms with van der Waals surface area (Å²) >= 11 is 0. The van der Waals surface area contributed by atoms with Gasteiger partial charge in [-0.15, -0.1) is 0 Å². The van der Waals surface area contributed by atoms with Gasteiger partial charge in [0.1, 0.15) is 11.6 Å². The van der Waals surface area contributed by atoms with E-state index in [-0.39, 0.29) is 18.0 Å². The van der Waals surface area contributed by atoms with Crippen LogP contribution in [0.1, 0.15) is 16.8 Å². The van der Waals surface area contributed by atoms with E-state index in [0.29, 0.717) is 17.0 Å². The monoisotopic (exact) mass is 268 g/mol. The standard InChI is InChI=1S/C16H16N2O2/c1-20-14-9-5-8-13(10-14)18-16(17)11-15(19)12-6-3-2-4-7-12/h2-10H,11H2,1H3,(H2,17,18). The maximum atomic E-state index is 12.0. The number of hydrogen-bond donors (Lipinski definition) is 1. The maximum absolute atomic E-state index is 12.0. The number of nitrogens with zero attached hydrogens (tertiary/aromatic N) is 1. The Bertz CT molecular complexity index is 621. The lowest BCUT2D eigenvalue weighted by Crippen LogP contribution is -2.16. The number of aliphatic imine (C=N–C) groups is 1. The minimum atomic E-state index is -0.0465. The third kappa shape index (κ3) is 3.68. The molecule has 0 unspecified atom stereocenters. The first-order chi connectivity index (χ1) is 9.69. The summed E-state index contributed by atoms with van der Waals surface area (Å²) in [6.45, 7) is 0. The second kappa shape index (κ2) is 6.52. The molecular weight excluding hydrogens is 252 g/mol. The molecule has 0 fully saturated rings. The second-order valence-corrected chi connectivity index (χ2v) is 4.27. The summed E-state index contributed by atoms with van der Waals surface area (Å²) < 4.78 is 5.11. The third-order valence-corrected chi connectivity index (χ3v) is 2.76. The van der Waals surface area contributed by atoms with Crippen molar-refractivity contribution in [2.45, 2.75) is 6.42 Å². The number of benzene rings is 2. The zero-order valence-corrected chi connectivity index (χ0v) is 11.2. The van der Waals surface area contributed by atoms with Gasteiger partial charge in [-0.2, -0.15) is 0 Å². The van der Waals surface area contributed by atoms with E-state index >= 15 is 0 Å². The zero-order chi connectivity index (χ0) is 14.4. The van der Waals surface area contributed by atoms with E-state index in [1.54, 1.807) is 25.3 Å². The van der Waals surface area contributed by atoms with Gasteiger partial charge in [-0.1, -0.05) is 36.4 Å². The molecule has 0 amide bonds. The van der Waals surface area contributed by atoms with Gasteiger partial charge in [0, 0.05) is 11.6 Å². The molecule has 2 N–H and O–H groups in total. The van der Waals surface area contributed by atoms with Crippen molar-refractivity contribution >= 4 is 17.3 Å². The minimum Gasteiger partial charge on any atom is -0.497 e. The number of ether oxygens (including phenoxy) is 1. The molecule has 2 aromatic carbocycles. The Morgan fingerprint density at radius 3 is 2.60 bits per heavy atom. The van der Waals surface area contributed by atoms with Gasteiger partial charge >= 0.3 is 0 Å². The molecule has 0 aliphatic heterocycles. The molecular formula is C16H16N2O2. The van der Waals surface area contributed by atoms with Gasteiger partial charge in [0.2, 0.25) is 0 Å². The second-order valence-electron chi connectivity index (χ2n) is 4.27. The smallest absolute Gasteiger partial charge is 0.170 e. The van der Waals surface area contributed by atoms with E-state index in [4.69, 9.17) is 10.5 Å². The molecule has 0 radical (unpaired) electrons. The average Bonchev–Trinajstić information content (AvgIpc) is 2.48. The molecule has 4 nitrogen and oxygen atoms in total. The Kier molecular flexibility index (Phi) is 4.50. The van der Waals surface area contributed by atoms with Gasteiger partial charge in [-0.25, -0.2) is 4.99 Å². The molecule has 20 heavy (non-hydrogen) atoms. The van der Waals surface area contributed by atoms with Crippen molar-refractivity contribution in [1.29, 1.82) is 0 Å². The highest BCUT2D eigenvalue weighted by atomic mass is 16.5. The number of hydrogen-bond acceptors (Lipinski definition) is 3. The van der Waals surface area contributed by atoms with Crippen LogP contribution >= 0.6 is 0 Å². The molecule has 0 heterocycles. The predicted molar refractivity (Wildman–Crippen MR) is 79.7 cm³/mol. The van der Waals surface area contributed by atoms with Crippen molar-refractivity contribution in [3.8, 4) is 5.75 Å². The number of nitrogens with two attached hydrogens (primary N) is 1. The molecule has 0 saturated heterocycles. The van der Waals surface area contributed by atoms with Crippen molar-refractivity contribution in [1.82, 2.24) is 0 Å². The van der Waals surface area contributed by atoms with Crippen LogP contribution in [0.4, 0.5) is 5.69 Å². The lowest BCUT2D eigenvalue weighted by atomic mass is 10.1. The molecule has 0 aliphatic rings. The van der Waals surface area contributed by atoms with E-state index in [9.17, 15) is 4.79 Å². The number of methoxy groups -OCH3 is 1. The molecule has 0 aromatic heterocycles. The van der Waals surface area contributed by atoms with Crippen LogP contribution in [0.2, 0.25) is 0 Å². The molecule has 0 bridgehead atoms. The highest BCUT2D eigenvalue weighted by Crippen LogP contribution is 2.19. The van der Waals surface area contributed by atoms with Crippen molar-refractivity contribution in [3.63, 3.8) is 0 Å². The van der Waals surface area contributed by atoms with Gasteiger partial charge in [-0.05, 0) is 12.1 Å². The van der Waals surface area contributed by atoms with Crippen LogP contribution in [0.5, 0.6) is 5.75 Å².